The van der Waals surface area contributed by atoms with Crippen LogP contribution < -0.4 is 0 Å². The molecule has 0 bridgehead atoms. The summed E-state index contributed by atoms with van der Waals surface area (Å²) in [5, 5.41) is 15.6. The molecule has 0 aliphatic carbocycles. The smallest absolute Gasteiger partial charge is 0.748 e. The first-order chi connectivity index (χ1) is 6.12. The quantitative estimate of drug-likeness (QED) is 0.412. The van der Waals surface area contributed by atoms with Crippen LogP contribution >= 0.6 is 0 Å². The van der Waals surface area contributed by atoms with Crippen LogP contribution in [0.25, 0.3) is 0 Å². The summed E-state index contributed by atoms with van der Waals surface area (Å²) in [5.74, 6) is -1.38. The molecule has 8 nitrogen and oxygen atoms in total. The Morgan fingerprint density at radius 3 is 1.00 bits per heavy atom. The average molecular weight is 316 g/mol. The third kappa shape index (κ3) is 31.4. The molecular weight excluding hydrogens is 306 g/mol. The van der Waals surface area contributed by atoms with E-state index in [0.717, 1.165) is 0 Å². The number of hydrogen-bond donors (Lipinski definition) is 2. The normalized spacial score (nSPS) is 10.9. The van der Waals surface area contributed by atoms with Crippen molar-refractivity contribution >= 4 is 20.2 Å². The maximum Gasteiger partial charge on any atom is 2.00 e. The van der Waals surface area contributed by atoms with Crippen molar-refractivity contribution in [3.8, 4) is 0 Å². The zero-order chi connectivity index (χ0) is 11.8. The van der Waals surface area contributed by atoms with Crippen molar-refractivity contribution in [2.75, 3.05) is 24.7 Å². The van der Waals surface area contributed by atoms with E-state index in [1.807, 2.05) is 0 Å². The minimum atomic E-state index is -4.17. The second-order valence-corrected chi connectivity index (χ2v) is 5.02. The summed E-state index contributed by atoms with van der Waals surface area (Å²) in [6.07, 6.45) is 0. The summed E-state index contributed by atoms with van der Waals surface area (Å²) in [7, 11) is -8.35. The summed E-state index contributed by atoms with van der Waals surface area (Å²) in [5.41, 5.74) is 0. The molecule has 0 saturated heterocycles. The number of hydrogen-bond acceptors (Lipinski definition) is 8. The van der Waals surface area contributed by atoms with Gasteiger partial charge in [-0.05, 0) is 0 Å². The monoisotopic (exact) mass is 314 g/mol. The van der Waals surface area contributed by atoms with Crippen molar-refractivity contribution in [3.05, 3.63) is 0 Å². The van der Waals surface area contributed by atoms with Gasteiger partial charge in [0.25, 0.3) is 0 Å². The first-order valence-corrected chi connectivity index (χ1v) is 6.36. The molecule has 0 amide bonds. The van der Waals surface area contributed by atoms with E-state index >= 15 is 0 Å². The van der Waals surface area contributed by atoms with Gasteiger partial charge in [-0.15, -0.1) is 0 Å². The minimum absolute atomic E-state index is 0. The fourth-order valence-corrected chi connectivity index (χ4v) is 0.671. The first kappa shape index (κ1) is 20.7. The molecular formula is C4H10O8S2Zn. The van der Waals surface area contributed by atoms with Gasteiger partial charge in [0.15, 0.2) is 0 Å². The van der Waals surface area contributed by atoms with E-state index in [2.05, 4.69) is 0 Å². The average Bonchev–Trinajstić information content (AvgIpc) is 1.81. The molecule has 11 heteroatoms. The van der Waals surface area contributed by atoms with Gasteiger partial charge in [0.05, 0.1) is 45.0 Å². The zero-order valence-corrected chi connectivity index (χ0v) is 12.3. The van der Waals surface area contributed by atoms with Crippen LogP contribution in [0.1, 0.15) is 0 Å². The Bertz CT molecular complexity index is 285. The van der Waals surface area contributed by atoms with E-state index in [4.69, 9.17) is 10.2 Å². The SMILES string of the molecule is O=S(=O)([O-])CCO.O=S(=O)([O-])CCO.[Zn+2]. The number of aliphatic hydroxyl groups excluding tert-OH is 2. The molecule has 0 spiro atoms. The van der Waals surface area contributed by atoms with Gasteiger partial charge < -0.3 is 19.3 Å². The minimum Gasteiger partial charge on any atom is -0.748 e. The van der Waals surface area contributed by atoms with Crippen LogP contribution in [0.2, 0.25) is 0 Å². The third-order valence-corrected chi connectivity index (χ3v) is 2.05. The van der Waals surface area contributed by atoms with Crippen molar-refractivity contribution in [2.24, 2.45) is 0 Å². The third-order valence-electron chi connectivity index (χ3n) is 0.683. The molecule has 0 atom stereocenters. The van der Waals surface area contributed by atoms with E-state index in [1.54, 1.807) is 0 Å². The van der Waals surface area contributed by atoms with Gasteiger partial charge in [-0.25, -0.2) is 16.8 Å². The molecule has 15 heavy (non-hydrogen) atoms. The standard InChI is InChI=1S/2C2H6O4S.Zn/c2*3-1-2-7(4,5)6;/h2*3H,1-2H2,(H,4,5,6);/q;;+2/p-2. The summed E-state index contributed by atoms with van der Waals surface area (Å²) in [4.78, 5) is 0. The predicted molar refractivity (Wildman–Crippen MR) is 43.3 cm³/mol. The Morgan fingerprint density at radius 2 is 1.00 bits per heavy atom. The molecule has 0 aromatic rings. The van der Waals surface area contributed by atoms with Gasteiger partial charge in [-0.2, -0.15) is 0 Å². The molecule has 0 aromatic carbocycles. The van der Waals surface area contributed by atoms with Crippen LogP contribution in [-0.4, -0.2) is 60.9 Å². The fraction of sp³-hybridized carbons (Fsp3) is 1.00. The molecule has 0 aliphatic rings. The van der Waals surface area contributed by atoms with E-state index < -0.39 is 45.0 Å². The molecule has 0 saturated carbocycles. The van der Waals surface area contributed by atoms with Crippen LogP contribution in [0, 0.1) is 0 Å². The number of rotatable bonds is 4. The van der Waals surface area contributed by atoms with Crippen molar-refractivity contribution in [3.63, 3.8) is 0 Å². The van der Waals surface area contributed by atoms with Gasteiger partial charge in [-0.1, -0.05) is 0 Å². The Hall–Kier alpha value is 0.363. The second-order valence-electron chi connectivity index (χ2n) is 1.97. The van der Waals surface area contributed by atoms with Gasteiger partial charge in [-0.3, -0.25) is 0 Å². The van der Waals surface area contributed by atoms with Crippen LogP contribution in [0.15, 0.2) is 0 Å². The van der Waals surface area contributed by atoms with Crippen molar-refractivity contribution in [1.29, 1.82) is 0 Å². The van der Waals surface area contributed by atoms with Crippen LogP contribution in [0.3, 0.4) is 0 Å². The largest absolute Gasteiger partial charge is 2.00 e. The van der Waals surface area contributed by atoms with Crippen molar-refractivity contribution in [2.45, 2.75) is 0 Å². The molecule has 88 valence electrons. The van der Waals surface area contributed by atoms with Gasteiger partial charge in [0, 0.05) is 0 Å². The summed E-state index contributed by atoms with van der Waals surface area (Å²) >= 11 is 0. The van der Waals surface area contributed by atoms with Crippen LogP contribution in [0.4, 0.5) is 0 Å². The zero-order valence-electron chi connectivity index (χ0n) is 7.70. The second kappa shape index (κ2) is 9.58. The maximum atomic E-state index is 9.52. The van der Waals surface area contributed by atoms with Gasteiger partial charge in [0.1, 0.15) is 0 Å². The molecule has 0 radical (unpaired) electrons. The van der Waals surface area contributed by atoms with Crippen LogP contribution in [0.5, 0.6) is 0 Å². The maximum absolute atomic E-state index is 9.52. The molecule has 2 N–H and O–H groups in total. The molecule has 0 aliphatic heterocycles. The fourth-order valence-electron chi connectivity index (χ4n) is 0.224. The van der Waals surface area contributed by atoms with E-state index in [-0.39, 0.29) is 19.5 Å². The Balaban J connectivity index is -0.000000180. The van der Waals surface area contributed by atoms with Crippen molar-refractivity contribution < 1.29 is 55.6 Å². The summed E-state index contributed by atoms with van der Waals surface area (Å²) < 4.78 is 57.1. The van der Waals surface area contributed by atoms with Crippen molar-refractivity contribution in [1.82, 2.24) is 0 Å². The number of aliphatic hydroxyl groups is 2. The van der Waals surface area contributed by atoms with E-state index in [0.29, 0.717) is 0 Å². The van der Waals surface area contributed by atoms with Gasteiger partial charge in [0.2, 0.25) is 0 Å². The van der Waals surface area contributed by atoms with E-state index in [1.165, 1.54) is 0 Å². The first-order valence-electron chi connectivity index (χ1n) is 3.21. The Labute approximate surface area is 101 Å². The Kier molecular flexibility index (Phi) is 13.2. The molecule has 0 unspecified atom stereocenters. The molecule has 0 aromatic heterocycles. The molecule has 0 heterocycles. The summed E-state index contributed by atoms with van der Waals surface area (Å²) in [6, 6.07) is 0. The van der Waals surface area contributed by atoms with Crippen LogP contribution in [-0.2, 0) is 39.7 Å². The predicted octanol–water partition coefficient (Wildman–Crippen LogP) is -2.95. The van der Waals surface area contributed by atoms with Gasteiger partial charge >= 0.3 is 19.5 Å². The molecule has 0 rings (SSSR count). The topological polar surface area (TPSA) is 155 Å². The summed E-state index contributed by atoms with van der Waals surface area (Å²) in [6.45, 7) is -1.18. The van der Waals surface area contributed by atoms with E-state index in [9.17, 15) is 25.9 Å². The Morgan fingerprint density at radius 1 is 0.800 bits per heavy atom. The molecule has 0 fully saturated rings.